The second kappa shape index (κ2) is 11.6. The number of pyridine rings is 1. The van der Waals surface area contributed by atoms with Gasteiger partial charge >= 0.3 is 0 Å². The molecule has 4 heterocycles. The third-order valence-electron chi connectivity index (χ3n) is 6.45. The van der Waals surface area contributed by atoms with Gasteiger partial charge < -0.3 is 14.0 Å². The molecule has 0 atom stereocenters. The minimum atomic E-state index is 0. The molecule has 4 aromatic carbocycles. The third-order valence-corrected chi connectivity index (χ3v) is 6.45. The molecule has 0 amide bonds. The fourth-order valence-corrected chi connectivity index (χ4v) is 4.66. The van der Waals surface area contributed by atoms with Crippen LogP contribution in [0.25, 0.3) is 61.6 Å². The number of aromatic nitrogens is 6. The van der Waals surface area contributed by atoms with Crippen molar-refractivity contribution in [3.8, 4) is 28.3 Å². The second-order valence-electron chi connectivity index (χ2n) is 8.90. The van der Waals surface area contributed by atoms with Crippen LogP contribution < -0.4 is 0 Å². The van der Waals surface area contributed by atoms with Crippen LogP contribution in [0.15, 0.2) is 126 Å². The molecule has 1 radical (unpaired) electrons. The summed E-state index contributed by atoms with van der Waals surface area (Å²) in [7, 11) is 0. The molecule has 0 bridgehead atoms. The van der Waals surface area contributed by atoms with Gasteiger partial charge in [-0.3, -0.25) is 4.98 Å². The molecular formula is C33H20IrN6O-2. The molecule has 41 heavy (non-hydrogen) atoms. The number of nitrogens with zero attached hydrogens (tertiary/aromatic N) is 6. The van der Waals surface area contributed by atoms with Gasteiger partial charge in [0.2, 0.25) is 0 Å². The standard InChI is InChI=1S/C22H12N5O.C11H8N.Ir/c1-2-7-14(8-3-1)27-21(25-20-22(27)26-24-13-23-20)17-11-6-10-16-15-9-4-5-12-18(15)28-19(16)17;1-2-6-10(7-3-1)11-8-4-5-9-12-11;/h1-10,12-13H;1-6,8-9H;/q2*-1;. The number of furan rings is 1. The van der Waals surface area contributed by atoms with Crippen molar-refractivity contribution in [1.82, 2.24) is 29.7 Å². The van der Waals surface area contributed by atoms with Crippen LogP contribution in [0.2, 0.25) is 0 Å². The molecule has 0 aliphatic carbocycles. The van der Waals surface area contributed by atoms with Crippen molar-refractivity contribution in [2.45, 2.75) is 0 Å². The van der Waals surface area contributed by atoms with Gasteiger partial charge in [-0.1, -0.05) is 59.5 Å². The number of para-hydroxylation sites is 2. The Kier molecular flexibility index (Phi) is 7.41. The first kappa shape index (κ1) is 26.2. The zero-order valence-electron chi connectivity index (χ0n) is 21.5. The number of rotatable bonds is 3. The minimum absolute atomic E-state index is 0. The Labute approximate surface area is 248 Å². The van der Waals surface area contributed by atoms with Gasteiger partial charge in [-0.2, -0.15) is 0 Å². The monoisotopic (exact) mass is 709 g/mol. The maximum absolute atomic E-state index is 6.18. The molecule has 0 aliphatic rings. The smallest absolute Gasteiger partial charge is 0.197 e. The van der Waals surface area contributed by atoms with Gasteiger partial charge in [-0.05, 0) is 30.0 Å². The molecule has 8 rings (SSSR count). The topological polar surface area (TPSA) is 82.5 Å². The van der Waals surface area contributed by atoms with Crippen LogP contribution in [0.5, 0.6) is 0 Å². The van der Waals surface area contributed by atoms with Crippen LogP contribution >= 0.6 is 0 Å². The Morgan fingerprint density at radius 3 is 2.37 bits per heavy atom. The first-order valence-electron chi connectivity index (χ1n) is 12.7. The molecule has 0 saturated carbocycles. The van der Waals surface area contributed by atoms with Gasteiger partial charge in [0.05, 0.1) is 11.4 Å². The van der Waals surface area contributed by atoms with Gasteiger partial charge in [0, 0.05) is 37.4 Å². The first-order chi connectivity index (χ1) is 19.9. The van der Waals surface area contributed by atoms with Crippen molar-refractivity contribution in [3.63, 3.8) is 0 Å². The van der Waals surface area contributed by atoms with Gasteiger partial charge in [-0.25, -0.2) is 4.98 Å². The Morgan fingerprint density at radius 1 is 0.707 bits per heavy atom. The summed E-state index contributed by atoms with van der Waals surface area (Å²) in [5.41, 5.74) is 6.38. The summed E-state index contributed by atoms with van der Waals surface area (Å²) in [6, 6.07) is 41.9. The Morgan fingerprint density at radius 2 is 1.54 bits per heavy atom. The zero-order valence-corrected chi connectivity index (χ0v) is 23.9. The van der Waals surface area contributed by atoms with E-state index >= 15 is 0 Å². The Balaban J connectivity index is 0.000000196. The molecule has 0 aliphatic heterocycles. The molecule has 7 nitrogen and oxygen atoms in total. The SMILES string of the molecule is [Ir].[c-]1ccc2c(oc3ccccc32)c1-c1nc2ncnnc2n1-c1ccccc1.[c-]1ccccc1-c1ccccn1. The molecule has 0 spiro atoms. The van der Waals surface area contributed by atoms with Gasteiger partial charge in [0.1, 0.15) is 11.9 Å². The molecule has 0 N–H and O–H groups in total. The average Bonchev–Trinajstić information content (AvgIpc) is 3.62. The van der Waals surface area contributed by atoms with Crippen LogP contribution in [-0.2, 0) is 20.1 Å². The molecule has 0 fully saturated rings. The Hall–Kier alpha value is -5.04. The van der Waals surface area contributed by atoms with Crippen molar-refractivity contribution in [3.05, 3.63) is 134 Å². The van der Waals surface area contributed by atoms with Crippen LogP contribution in [0.1, 0.15) is 0 Å². The molecule has 8 heteroatoms. The normalized spacial score (nSPS) is 10.7. The van der Waals surface area contributed by atoms with Gasteiger partial charge in [-0.15, -0.1) is 64.3 Å². The van der Waals surface area contributed by atoms with E-state index in [1.165, 1.54) is 6.33 Å². The summed E-state index contributed by atoms with van der Waals surface area (Å²) in [6.07, 6.45) is 3.19. The fourth-order valence-electron chi connectivity index (χ4n) is 4.66. The Bertz CT molecular complexity index is 2020. The number of hydrogen-bond acceptors (Lipinski definition) is 6. The van der Waals surface area contributed by atoms with Crippen molar-refractivity contribution >= 4 is 33.2 Å². The van der Waals surface area contributed by atoms with E-state index in [2.05, 4.69) is 38.4 Å². The van der Waals surface area contributed by atoms with E-state index < -0.39 is 0 Å². The molecule has 8 aromatic rings. The number of imidazole rings is 1. The van der Waals surface area contributed by atoms with Crippen LogP contribution in [0, 0.1) is 12.1 Å². The second-order valence-corrected chi connectivity index (χ2v) is 8.90. The van der Waals surface area contributed by atoms with Crippen LogP contribution in [-0.4, -0.2) is 29.7 Å². The number of hydrogen-bond donors (Lipinski definition) is 0. The van der Waals surface area contributed by atoms with Gasteiger partial charge in [0.25, 0.3) is 0 Å². The molecular weight excluding hydrogens is 689 g/mol. The summed E-state index contributed by atoms with van der Waals surface area (Å²) >= 11 is 0. The minimum Gasteiger partial charge on any atom is -0.501 e. The van der Waals surface area contributed by atoms with Crippen molar-refractivity contribution in [2.75, 3.05) is 0 Å². The summed E-state index contributed by atoms with van der Waals surface area (Å²) in [6.45, 7) is 0. The van der Waals surface area contributed by atoms with Crippen molar-refractivity contribution < 1.29 is 24.5 Å². The quantitative estimate of drug-likeness (QED) is 0.182. The van der Waals surface area contributed by atoms with Crippen molar-refractivity contribution in [1.29, 1.82) is 0 Å². The predicted molar refractivity (Wildman–Crippen MR) is 155 cm³/mol. The molecule has 0 saturated heterocycles. The molecule has 0 unspecified atom stereocenters. The maximum Gasteiger partial charge on any atom is 0.197 e. The molecule has 4 aromatic heterocycles. The summed E-state index contributed by atoms with van der Waals surface area (Å²) in [5.74, 6) is 0.666. The summed E-state index contributed by atoms with van der Waals surface area (Å²) in [5, 5.41) is 10.3. The number of benzene rings is 4. The number of fused-ring (bicyclic) bond motifs is 4. The fraction of sp³-hybridized carbons (Fsp3) is 0. The van der Waals surface area contributed by atoms with E-state index in [0.29, 0.717) is 17.1 Å². The van der Waals surface area contributed by atoms with E-state index in [1.807, 2.05) is 108 Å². The first-order valence-corrected chi connectivity index (χ1v) is 12.7. The largest absolute Gasteiger partial charge is 0.501 e. The maximum atomic E-state index is 6.18. The van der Waals surface area contributed by atoms with E-state index in [4.69, 9.17) is 9.40 Å². The summed E-state index contributed by atoms with van der Waals surface area (Å²) < 4.78 is 8.12. The third kappa shape index (κ3) is 5.02. The predicted octanol–water partition coefficient (Wildman–Crippen LogP) is 7.12. The van der Waals surface area contributed by atoms with E-state index in [-0.39, 0.29) is 20.1 Å². The average molecular weight is 709 g/mol. The van der Waals surface area contributed by atoms with E-state index in [9.17, 15) is 0 Å². The van der Waals surface area contributed by atoms with Gasteiger partial charge in [0.15, 0.2) is 11.3 Å². The van der Waals surface area contributed by atoms with Crippen LogP contribution in [0.4, 0.5) is 0 Å². The molecule has 199 valence electrons. The van der Waals surface area contributed by atoms with E-state index in [1.54, 1.807) is 6.20 Å². The van der Waals surface area contributed by atoms with Crippen molar-refractivity contribution in [2.24, 2.45) is 0 Å². The van der Waals surface area contributed by atoms with Crippen LogP contribution in [0.3, 0.4) is 0 Å². The zero-order chi connectivity index (χ0) is 26.7. The van der Waals surface area contributed by atoms with E-state index in [0.717, 1.165) is 44.4 Å². The summed E-state index contributed by atoms with van der Waals surface area (Å²) in [4.78, 5) is 13.2.